The molecule has 1 saturated carbocycles. The van der Waals surface area contributed by atoms with Crippen LogP contribution in [0.25, 0.3) is 6.08 Å². The van der Waals surface area contributed by atoms with Crippen molar-refractivity contribution in [2.24, 2.45) is 5.92 Å². The maximum atomic E-state index is 12.4. The first-order valence-electron chi connectivity index (χ1n) is 8.12. The number of nitrogens with zero attached hydrogens (tertiary/aromatic N) is 1. The summed E-state index contributed by atoms with van der Waals surface area (Å²) in [4.78, 5) is 14.3. The number of aliphatic hydroxyl groups is 1. The summed E-state index contributed by atoms with van der Waals surface area (Å²) < 4.78 is 0. The van der Waals surface area contributed by atoms with Gasteiger partial charge in [-0.05, 0) is 43.0 Å². The highest BCUT2D eigenvalue weighted by Crippen LogP contribution is 2.39. The molecule has 0 aromatic heterocycles. The van der Waals surface area contributed by atoms with Crippen LogP contribution in [-0.4, -0.2) is 34.6 Å². The normalized spacial score (nSPS) is 28.0. The van der Waals surface area contributed by atoms with E-state index in [9.17, 15) is 9.90 Å². The third kappa shape index (κ3) is 3.73. The minimum atomic E-state index is -0.557. The lowest BCUT2D eigenvalue weighted by Gasteiger charge is -2.47. The molecule has 2 atom stereocenters. The van der Waals surface area contributed by atoms with Gasteiger partial charge in [-0.2, -0.15) is 0 Å². The molecule has 1 aliphatic heterocycles. The number of rotatable bonds is 2. The standard InChI is InChI=1S/C18H21Cl2NO2/c19-15-6-4-13(16(20)11-15)5-7-17(22)21-10-9-18(23)8-2-1-3-14(18)12-21/h4-7,11,14,23H,1-3,8-10,12H2/b7-5+. The summed E-state index contributed by atoms with van der Waals surface area (Å²) in [5.41, 5.74) is 0.216. The number of piperidine rings is 1. The number of amides is 1. The summed E-state index contributed by atoms with van der Waals surface area (Å²) in [5.74, 6) is 0.185. The maximum absolute atomic E-state index is 12.4. The Labute approximate surface area is 146 Å². The second kappa shape index (κ2) is 6.84. The topological polar surface area (TPSA) is 40.5 Å². The molecule has 0 bridgehead atoms. The van der Waals surface area contributed by atoms with E-state index in [4.69, 9.17) is 23.2 Å². The second-order valence-electron chi connectivity index (χ2n) is 6.58. The maximum Gasteiger partial charge on any atom is 0.246 e. The second-order valence-corrected chi connectivity index (χ2v) is 7.42. The Hall–Kier alpha value is -1.03. The third-order valence-electron chi connectivity index (χ3n) is 5.11. The lowest BCUT2D eigenvalue weighted by molar-refractivity contribution is -0.138. The van der Waals surface area contributed by atoms with Crippen LogP contribution in [0.2, 0.25) is 10.0 Å². The predicted octanol–water partition coefficient (Wildman–Crippen LogP) is 4.16. The number of hydrogen-bond donors (Lipinski definition) is 1. The van der Waals surface area contributed by atoms with Gasteiger partial charge in [0.2, 0.25) is 5.91 Å². The van der Waals surface area contributed by atoms with E-state index in [2.05, 4.69) is 0 Å². The molecule has 2 aliphatic rings. The van der Waals surface area contributed by atoms with E-state index < -0.39 is 5.60 Å². The summed E-state index contributed by atoms with van der Waals surface area (Å²) in [6, 6.07) is 5.21. The van der Waals surface area contributed by atoms with Crippen LogP contribution in [0.5, 0.6) is 0 Å². The first-order valence-corrected chi connectivity index (χ1v) is 8.88. The molecule has 1 saturated heterocycles. The van der Waals surface area contributed by atoms with Crippen LogP contribution in [0.3, 0.4) is 0 Å². The summed E-state index contributed by atoms with van der Waals surface area (Å²) in [6.45, 7) is 1.26. The van der Waals surface area contributed by atoms with Crippen molar-refractivity contribution in [3.05, 3.63) is 39.9 Å². The molecule has 3 nitrogen and oxygen atoms in total. The molecule has 3 rings (SSSR count). The van der Waals surface area contributed by atoms with Crippen molar-refractivity contribution in [3.8, 4) is 0 Å². The zero-order valence-corrected chi connectivity index (χ0v) is 14.5. The Morgan fingerprint density at radius 3 is 2.91 bits per heavy atom. The van der Waals surface area contributed by atoms with E-state index in [0.717, 1.165) is 31.2 Å². The van der Waals surface area contributed by atoms with Gasteiger partial charge in [-0.1, -0.05) is 42.1 Å². The van der Waals surface area contributed by atoms with E-state index in [1.54, 1.807) is 30.4 Å². The van der Waals surface area contributed by atoms with Gasteiger partial charge in [0.1, 0.15) is 0 Å². The predicted molar refractivity (Wildman–Crippen MR) is 93.6 cm³/mol. The highest BCUT2D eigenvalue weighted by atomic mass is 35.5. The smallest absolute Gasteiger partial charge is 0.246 e. The molecule has 0 spiro atoms. The molecule has 1 N–H and O–H groups in total. The summed E-state index contributed by atoms with van der Waals surface area (Å²) in [5, 5.41) is 11.8. The fourth-order valence-corrected chi connectivity index (χ4v) is 4.15. The Bertz CT molecular complexity index is 631. The molecular formula is C18H21Cl2NO2. The molecule has 2 unspecified atom stereocenters. The third-order valence-corrected chi connectivity index (χ3v) is 5.67. The monoisotopic (exact) mass is 353 g/mol. The lowest BCUT2D eigenvalue weighted by Crippen LogP contribution is -2.54. The molecule has 1 aliphatic carbocycles. The van der Waals surface area contributed by atoms with Crippen molar-refractivity contribution in [2.75, 3.05) is 13.1 Å². The fourth-order valence-electron chi connectivity index (χ4n) is 3.67. The van der Waals surface area contributed by atoms with Crippen LogP contribution in [0, 0.1) is 5.92 Å². The molecule has 1 amide bonds. The summed E-state index contributed by atoms with van der Waals surface area (Å²) in [6.07, 6.45) is 8.08. The Morgan fingerprint density at radius 1 is 1.30 bits per heavy atom. The van der Waals surface area contributed by atoms with Crippen molar-refractivity contribution in [3.63, 3.8) is 0 Å². The molecule has 0 radical (unpaired) electrons. The van der Waals surface area contributed by atoms with E-state index in [0.29, 0.717) is 29.6 Å². The molecule has 1 aromatic carbocycles. The number of carbonyl (C=O) groups excluding carboxylic acids is 1. The van der Waals surface area contributed by atoms with Crippen LogP contribution < -0.4 is 0 Å². The number of likely N-dealkylation sites (tertiary alicyclic amines) is 1. The molecule has 5 heteroatoms. The van der Waals surface area contributed by atoms with Crippen LogP contribution in [-0.2, 0) is 4.79 Å². The van der Waals surface area contributed by atoms with Gasteiger partial charge in [0.15, 0.2) is 0 Å². The van der Waals surface area contributed by atoms with E-state index in [1.165, 1.54) is 0 Å². The van der Waals surface area contributed by atoms with Crippen molar-refractivity contribution in [1.29, 1.82) is 0 Å². The Kier molecular flexibility index (Phi) is 5.00. The highest BCUT2D eigenvalue weighted by molar-refractivity contribution is 6.35. The van der Waals surface area contributed by atoms with Crippen molar-refractivity contribution in [1.82, 2.24) is 4.90 Å². The van der Waals surface area contributed by atoms with Gasteiger partial charge < -0.3 is 10.0 Å². The summed E-state index contributed by atoms with van der Waals surface area (Å²) in [7, 11) is 0. The van der Waals surface area contributed by atoms with Gasteiger partial charge in [0, 0.05) is 35.1 Å². The van der Waals surface area contributed by atoms with Crippen LogP contribution in [0.15, 0.2) is 24.3 Å². The first-order chi connectivity index (χ1) is 11.0. The van der Waals surface area contributed by atoms with Crippen LogP contribution >= 0.6 is 23.2 Å². The molecule has 1 aromatic rings. The van der Waals surface area contributed by atoms with Gasteiger partial charge in [-0.3, -0.25) is 4.79 Å². The highest BCUT2D eigenvalue weighted by Gasteiger charge is 2.43. The minimum Gasteiger partial charge on any atom is -0.389 e. The quantitative estimate of drug-likeness (QED) is 0.811. The largest absolute Gasteiger partial charge is 0.389 e. The molecule has 124 valence electrons. The zero-order chi connectivity index (χ0) is 16.4. The summed E-state index contributed by atoms with van der Waals surface area (Å²) >= 11 is 12.0. The van der Waals surface area contributed by atoms with Crippen molar-refractivity contribution in [2.45, 2.75) is 37.7 Å². The van der Waals surface area contributed by atoms with Gasteiger partial charge in [-0.15, -0.1) is 0 Å². The van der Waals surface area contributed by atoms with Gasteiger partial charge in [0.25, 0.3) is 0 Å². The number of hydrogen-bond acceptors (Lipinski definition) is 2. The molecule has 2 fully saturated rings. The van der Waals surface area contributed by atoms with Gasteiger partial charge in [0.05, 0.1) is 5.60 Å². The lowest BCUT2D eigenvalue weighted by atomic mass is 9.71. The molecule has 23 heavy (non-hydrogen) atoms. The van der Waals surface area contributed by atoms with Gasteiger partial charge >= 0.3 is 0 Å². The number of carbonyl (C=O) groups is 1. The fraction of sp³-hybridized carbons (Fsp3) is 0.500. The number of fused-ring (bicyclic) bond motifs is 1. The van der Waals surface area contributed by atoms with Crippen molar-refractivity contribution >= 4 is 35.2 Å². The van der Waals surface area contributed by atoms with E-state index in [1.807, 2.05) is 4.90 Å². The van der Waals surface area contributed by atoms with E-state index >= 15 is 0 Å². The minimum absolute atomic E-state index is 0.0244. The zero-order valence-electron chi connectivity index (χ0n) is 13.0. The first kappa shape index (κ1) is 16.8. The average molecular weight is 354 g/mol. The Morgan fingerprint density at radius 2 is 2.13 bits per heavy atom. The molecular weight excluding hydrogens is 333 g/mol. The Balaban J connectivity index is 1.65. The van der Waals surface area contributed by atoms with Gasteiger partial charge in [-0.25, -0.2) is 0 Å². The average Bonchev–Trinajstić information content (AvgIpc) is 2.53. The van der Waals surface area contributed by atoms with E-state index in [-0.39, 0.29) is 11.8 Å². The number of benzene rings is 1. The number of halogens is 2. The van der Waals surface area contributed by atoms with Crippen LogP contribution in [0.1, 0.15) is 37.7 Å². The van der Waals surface area contributed by atoms with Crippen molar-refractivity contribution < 1.29 is 9.90 Å². The molecule has 1 heterocycles. The van der Waals surface area contributed by atoms with Crippen LogP contribution in [0.4, 0.5) is 0 Å². The SMILES string of the molecule is O=C(/C=C/c1ccc(Cl)cc1Cl)N1CCC2(O)CCCCC2C1.